The lowest BCUT2D eigenvalue weighted by Crippen LogP contribution is -2.25. The normalized spacial score (nSPS) is 19.3. The molecule has 1 heterocycles. The molecule has 6 heteroatoms. The number of nitrogens with zero attached hydrogens (tertiary/aromatic N) is 1. The van der Waals surface area contributed by atoms with E-state index in [1.807, 2.05) is 43.3 Å². The van der Waals surface area contributed by atoms with Crippen molar-refractivity contribution in [1.82, 2.24) is 5.32 Å². The molecular weight excluding hydrogens is 380 g/mol. The van der Waals surface area contributed by atoms with E-state index in [0.717, 1.165) is 60.9 Å². The number of ether oxygens (including phenoxy) is 3. The lowest BCUT2D eigenvalue weighted by Gasteiger charge is -2.22. The van der Waals surface area contributed by atoms with Gasteiger partial charge in [0.25, 0.3) is 0 Å². The van der Waals surface area contributed by atoms with Crippen LogP contribution in [0.4, 0.5) is 5.69 Å². The molecule has 0 spiro atoms. The van der Waals surface area contributed by atoms with E-state index in [-0.39, 0.29) is 18.1 Å². The molecule has 1 saturated heterocycles. The topological polar surface area (TPSA) is 60.0 Å². The minimum Gasteiger partial charge on any atom is -0.494 e. The van der Waals surface area contributed by atoms with Crippen LogP contribution in [-0.2, 0) is 4.79 Å². The van der Waals surface area contributed by atoms with Crippen molar-refractivity contribution in [1.29, 1.82) is 0 Å². The maximum atomic E-state index is 11.2. The van der Waals surface area contributed by atoms with Gasteiger partial charge in [-0.15, -0.1) is 0 Å². The quantitative estimate of drug-likeness (QED) is 0.710. The van der Waals surface area contributed by atoms with Crippen molar-refractivity contribution in [3.8, 4) is 17.2 Å². The Labute approximate surface area is 178 Å². The number of hydrogen-bond donors (Lipinski definition) is 1. The molecule has 2 unspecified atom stereocenters. The third-order valence-corrected chi connectivity index (χ3v) is 5.57. The Morgan fingerprint density at radius 3 is 2.40 bits per heavy atom. The van der Waals surface area contributed by atoms with Gasteiger partial charge in [-0.2, -0.15) is 0 Å². The molecule has 1 aliphatic heterocycles. The summed E-state index contributed by atoms with van der Waals surface area (Å²) >= 11 is 0. The van der Waals surface area contributed by atoms with Crippen LogP contribution in [0.5, 0.6) is 17.2 Å². The summed E-state index contributed by atoms with van der Waals surface area (Å²) in [6, 6.07) is 14.0. The van der Waals surface area contributed by atoms with E-state index in [0.29, 0.717) is 6.10 Å². The summed E-state index contributed by atoms with van der Waals surface area (Å²) in [7, 11) is 1.70. The van der Waals surface area contributed by atoms with E-state index >= 15 is 0 Å². The largest absolute Gasteiger partial charge is 0.494 e. The third kappa shape index (κ3) is 4.99. The molecule has 2 aromatic carbocycles. The van der Waals surface area contributed by atoms with E-state index in [2.05, 4.69) is 16.3 Å². The summed E-state index contributed by atoms with van der Waals surface area (Å²) in [4.78, 5) is 13.5. The lowest BCUT2D eigenvalue weighted by atomic mass is 10.1. The third-order valence-electron chi connectivity index (χ3n) is 5.57. The van der Waals surface area contributed by atoms with Gasteiger partial charge in [0.1, 0.15) is 23.4 Å². The van der Waals surface area contributed by atoms with Crippen LogP contribution < -0.4 is 24.4 Å². The number of amides is 1. The molecule has 2 atom stereocenters. The minimum atomic E-state index is -0.0311. The van der Waals surface area contributed by atoms with Crippen LogP contribution >= 0.6 is 0 Å². The van der Waals surface area contributed by atoms with Crippen molar-refractivity contribution in [3.63, 3.8) is 0 Å². The molecule has 4 rings (SSSR count). The maximum Gasteiger partial charge on any atom is 0.217 e. The van der Waals surface area contributed by atoms with E-state index in [1.165, 1.54) is 6.92 Å². The number of rotatable bonds is 8. The van der Waals surface area contributed by atoms with Crippen molar-refractivity contribution in [2.45, 2.75) is 51.4 Å². The maximum absolute atomic E-state index is 11.2. The number of methoxy groups -OCH3 is 1. The molecule has 0 aromatic heterocycles. The van der Waals surface area contributed by atoms with Crippen LogP contribution in [-0.4, -0.2) is 38.3 Å². The number of nitrogens with one attached hydrogen (secondary N) is 1. The van der Waals surface area contributed by atoms with Gasteiger partial charge in [-0.25, -0.2) is 0 Å². The van der Waals surface area contributed by atoms with Gasteiger partial charge >= 0.3 is 0 Å². The lowest BCUT2D eigenvalue weighted by molar-refractivity contribution is -0.119. The van der Waals surface area contributed by atoms with Crippen molar-refractivity contribution >= 4 is 11.6 Å². The molecule has 1 amide bonds. The standard InChI is InChI=1S/C24H30N2O4/c1-16(25-17(2)27)18-4-6-19(7-5-18)30-22-12-13-26(15-22)23-11-10-21(14-24(23)28-3)29-20-8-9-20/h4-7,10-11,14,16,20,22H,8-9,12-13,15H2,1-3H3,(H,25,27). The molecule has 1 aliphatic carbocycles. The Bertz CT molecular complexity index is 879. The molecule has 1 N–H and O–H groups in total. The number of anilines is 1. The predicted octanol–water partition coefficient (Wildman–Crippen LogP) is 4.09. The first-order chi connectivity index (χ1) is 14.5. The van der Waals surface area contributed by atoms with Gasteiger partial charge in [0.05, 0.1) is 31.5 Å². The average molecular weight is 411 g/mol. The highest BCUT2D eigenvalue weighted by Crippen LogP contribution is 2.36. The van der Waals surface area contributed by atoms with Crippen molar-refractivity contribution in [3.05, 3.63) is 48.0 Å². The van der Waals surface area contributed by atoms with Crippen LogP contribution in [0.3, 0.4) is 0 Å². The fraction of sp³-hybridized carbons (Fsp3) is 0.458. The molecule has 6 nitrogen and oxygen atoms in total. The highest BCUT2D eigenvalue weighted by Gasteiger charge is 2.27. The van der Waals surface area contributed by atoms with Crippen LogP contribution in [0.15, 0.2) is 42.5 Å². The summed E-state index contributed by atoms with van der Waals surface area (Å²) in [6.45, 7) is 5.23. The van der Waals surface area contributed by atoms with Gasteiger partial charge in [0.15, 0.2) is 0 Å². The second kappa shape index (κ2) is 8.86. The Balaban J connectivity index is 1.36. The van der Waals surface area contributed by atoms with Gasteiger partial charge in [0, 0.05) is 26.0 Å². The Morgan fingerprint density at radius 2 is 1.73 bits per heavy atom. The Morgan fingerprint density at radius 1 is 1.03 bits per heavy atom. The first-order valence-corrected chi connectivity index (χ1v) is 10.6. The molecule has 0 radical (unpaired) electrons. The van der Waals surface area contributed by atoms with Crippen LogP contribution in [0.2, 0.25) is 0 Å². The second-order valence-electron chi connectivity index (χ2n) is 8.12. The fourth-order valence-electron chi connectivity index (χ4n) is 3.83. The van der Waals surface area contributed by atoms with Crippen molar-refractivity contribution < 1.29 is 19.0 Å². The molecule has 2 fully saturated rings. The number of hydrogen-bond acceptors (Lipinski definition) is 5. The first-order valence-electron chi connectivity index (χ1n) is 10.6. The van der Waals surface area contributed by atoms with E-state index in [9.17, 15) is 4.79 Å². The van der Waals surface area contributed by atoms with Gasteiger partial charge in [-0.1, -0.05) is 12.1 Å². The Kier molecular flexibility index (Phi) is 6.02. The summed E-state index contributed by atoms with van der Waals surface area (Å²) in [5.41, 5.74) is 2.13. The molecule has 0 bridgehead atoms. The SMILES string of the molecule is COc1cc(OC2CC2)ccc1N1CCC(Oc2ccc(C(C)NC(C)=O)cc2)C1. The summed E-state index contributed by atoms with van der Waals surface area (Å²) in [5.74, 6) is 2.53. The second-order valence-corrected chi connectivity index (χ2v) is 8.12. The first kappa shape index (κ1) is 20.4. The minimum absolute atomic E-state index is 0.0159. The average Bonchev–Trinajstić information content (AvgIpc) is 3.43. The molecule has 160 valence electrons. The molecule has 2 aliphatic rings. The van der Waals surface area contributed by atoms with E-state index < -0.39 is 0 Å². The zero-order valence-electron chi connectivity index (χ0n) is 17.9. The highest BCUT2D eigenvalue weighted by molar-refractivity contribution is 5.73. The fourth-order valence-corrected chi connectivity index (χ4v) is 3.83. The number of carbonyl (C=O) groups excluding carboxylic acids is 1. The van der Waals surface area contributed by atoms with Gasteiger partial charge in [0.2, 0.25) is 5.91 Å². The molecule has 2 aromatic rings. The number of benzene rings is 2. The number of carbonyl (C=O) groups is 1. The summed E-state index contributed by atoms with van der Waals surface area (Å²) in [6.07, 6.45) is 3.73. The molecular formula is C24H30N2O4. The van der Waals surface area contributed by atoms with Crippen LogP contribution in [0, 0.1) is 0 Å². The zero-order chi connectivity index (χ0) is 21.1. The zero-order valence-corrected chi connectivity index (χ0v) is 17.9. The smallest absolute Gasteiger partial charge is 0.217 e. The van der Waals surface area contributed by atoms with Crippen LogP contribution in [0.1, 0.15) is 44.7 Å². The van der Waals surface area contributed by atoms with Gasteiger partial charge in [-0.05, 0) is 49.6 Å². The van der Waals surface area contributed by atoms with Gasteiger partial charge < -0.3 is 24.4 Å². The van der Waals surface area contributed by atoms with E-state index in [1.54, 1.807) is 7.11 Å². The van der Waals surface area contributed by atoms with Gasteiger partial charge in [-0.3, -0.25) is 4.79 Å². The monoisotopic (exact) mass is 410 g/mol. The summed E-state index contributed by atoms with van der Waals surface area (Å²) < 4.78 is 17.7. The molecule has 1 saturated carbocycles. The molecule has 30 heavy (non-hydrogen) atoms. The van der Waals surface area contributed by atoms with Crippen molar-refractivity contribution in [2.24, 2.45) is 0 Å². The van der Waals surface area contributed by atoms with Crippen LogP contribution in [0.25, 0.3) is 0 Å². The van der Waals surface area contributed by atoms with Crippen molar-refractivity contribution in [2.75, 3.05) is 25.1 Å². The predicted molar refractivity (Wildman–Crippen MR) is 117 cm³/mol. The Hall–Kier alpha value is -2.89. The van der Waals surface area contributed by atoms with E-state index in [4.69, 9.17) is 14.2 Å². The summed E-state index contributed by atoms with van der Waals surface area (Å²) in [5, 5.41) is 2.90. The highest BCUT2D eigenvalue weighted by atomic mass is 16.5.